The summed E-state index contributed by atoms with van der Waals surface area (Å²) < 4.78 is 19.5. The first-order valence-electron chi connectivity index (χ1n) is 11.3. The SMILES string of the molecule is C=CC(=O)OCCOC(=O)CNCCC1C2CCC1C(CNC(=O)OCCOC(=O)C=C)C2. The molecule has 2 aliphatic carbocycles. The summed E-state index contributed by atoms with van der Waals surface area (Å²) in [6, 6.07) is 0. The van der Waals surface area contributed by atoms with E-state index in [0.717, 1.165) is 31.4 Å². The Bertz CT molecular complexity index is 711. The van der Waals surface area contributed by atoms with Crippen LogP contribution in [0.3, 0.4) is 0 Å². The molecule has 0 saturated heterocycles. The highest BCUT2D eigenvalue weighted by molar-refractivity contribution is 5.81. The van der Waals surface area contributed by atoms with Crippen LogP contribution in [0.2, 0.25) is 0 Å². The molecular formula is C23H34N2O8. The molecule has 0 aromatic heterocycles. The van der Waals surface area contributed by atoms with E-state index in [9.17, 15) is 19.2 Å². The molecule has 184 valence electrons. The number of carbonyl (C=O) groups is 4. The minimum absolute atomic E-state index is 0.00116. The van der Waals surface area contributed by atoms with Crippen molar-refractivity contribution in [2.75, 3.05) is 46.1 Å². The number of fused-ring (bicyclic) bond motifs is 2. The molecule has 0 aliphatic heterocycles. The van der Waals surface area contributed by atoms with Gasteiger partial charge in [-0.15, -0.1) is 0 Å². The second kappa shape index (κ2) is 14.3. The van der Waals surface area contributed by atoms with Gasteiger partial charge < -0.3 is 29.6 Å². The molecule has 33 heavy (non-hydrogen) atoms. The van der Waals surface area contributed by atoms with Gasteiger partial charge in [0.15, 0.2) is 0 Å². The second-order valence-electron chi connectivity index (χ2n) is 8.11. The lowest BCUT2D eigenvalue weighted by atomic mass is 9.87. The molecule has 2 N–H and O–H groups in total. The van der Waals surface area contributed by atoms with Crippen LogP contribution in [0, 0.1) is 23.7 Å². The third kappa shape index (κ3) is 9.25. The number of alkyl carbamates (subject to hydrolysis) is 1. The number of rotatable bonds is 15. The van der Waals surface area contributed by atoms with Crippen LogP contribution in [0.15, 0.2) is 25.3 Å². The van der Waals surface area contributed by atoms with Gasteiger partial charge in [-0.05, 0) is 55.9 Å². The third-order valence-electron chi connectivity index (χ3n) is 6.15. The van der Waals surface area contributed by atoms with E-state index in [1.807, 2.05) is 0 Å². The molecule has 0 aromatic carbocycles. The lowest BCUT2D eigenvalue weighted by Crippen LogP contribution is -2.33. The highest BCUT2D eigenvalue weighted by Gasteiger charge is 2.47. The summed E-state index contributed by atoms with van der Waals surface area (Å²) in [5.41, 5.74) is 0. The van der Waals surface area contributed by atoms with Crippen molar-refractivity contribution in [2.24, 2.45) is 23.7 Å². The molecule has 10 nitrogen and oxygen atoms in total. The fourth-order valence-corrected chi connectivity index (χ4v) is 4.78. The molecule has 4 unspecified atom stereocenters. The molecule has 0 heterocycles. The van der Waals surface area contributed by atoms with Crippen LogP contribution in [0.5, 0.6) is 0 Å². The van der Waals surface area contributed by atoms with Gasteiger partial charge in [0.1, 0.15) is 26.4 Å². The minimum Gasteiger partial charge on any atom is -0.461 e. The van der Waals surface area contributed by atoms with Gasteiger partial charge in [0.25, 0.3) is 0 Å². The highest BCUT2D eigenvalue weighted by Crippen LogP contribution is 2.53. The Labute approximate surface area is 194 Å². The van der Waals surface area contributed by atoms with Gasteiger partial charge in [0.2, 0.25) is 0 Å². The third-order valence-corrected chi connectivity index (χ3v) is 6.15. The van der Waals surface area contributed by atoms with Crippen molar-refractivity contribution in [3.8, 4) is 0 Å². The lowest BCUT2D eigenvalue weighted by Gasteiger charge is -2.22. The van der Waals surface area contributed by atoms with Crippen LogP contribution in [-0.4, -0.2) is 70.1 Å². The molecule has 1 amide bonds. The number of hydrogen-bond donors (Lipinski definition) is 2. The van der Waals surface area contributed by atoms with Crippen molar-refractivity contribution in [3.05, 3.63) is 25.3 Å². The zero-order valence-corrected chi connectivity index (χ0v) is 18.9. The number of nitrogens with one attached hydrogen (secondary N) is 2. The molecule has 4 atom stereocenters. The maximum absolute atomic E-state index is 11.8. The van der Waals surface area contributed by atoms with Gasteiger partial charge in [-0.2, -0.15) is 0 Å². The average molecular weight is 467 g/mol. The Morgan fingerprint density at radius 3 is 2.18 bits per heavy atom. The van der Waals surface area contributed by atoms with Crippen LogP contribution >= 0.6 is 0 Å². The fourth-order valence-electron chi connectivity index (χ4n) is 4.78. The molecule has 2 fully saturated rings. The van der Waals surface area contributed by atoms with Crippen molar-refractivity contribution in [2.45, 2.75) is 25.7 Å². The summed E-state index contributed by atoms with van der Waals surface area (Å²) in [5.74, 6) is 0.703. The summed E-state index contributed by atoms with van der Waals surface area (Å²) in [5, 5.41) is 5.93. The predicted molar refractivity (Wildman–Crippen MR) is 118 cm³/mol. The van der Waals surface area contributed by atoms with Crippen LogP contribution in [0.1, 0.15) is 25.7 Å². The molecule has 0 radical (unpaired) electrons. The molecule has 0 aromatic rings. The maximum atomic E-state index is 11.8. The van der Waals surface area contributed by atoms with Crippen molar-refractivity contribution in [1.29, 1.82) is 0 Å². The van der Waals surface area contributed by atoms with Gasteiger partial charge in [-0.25, -0.2) is 14.4 Å². The molecule has 10 heteroatoms. The Morgan fingerprint density at radius 1 is 0.879 bits per heavy atom. The molecule has 0 spiro atoms. The first-order chi connectivity index (χ1) is 15.9. The van der Waals surface area contributed by atoms with Crippen LogP contribution < -0.4 is 10.6 Å². The maximum Gasteiger partial charge on any atom is 0.407 e. The standard InChI is InChI=1S/C23H34N2O8/c1-3-20(26)30-9-10-32-22(28)15-24-8-7-19-16-5-6-18(19)17(13-16)14-25-23(29)33-12-11-31-21(27)4-2/h3-4,16-19,24H,1-2,5-15H2,(H,25,29). The molecule has 2 aliphatic rings. The van der Waals surface area contributed by atoms with Crippen molar-refractivity contribution >= 4 is 24.0 Å². The van der Waals surface area contributed by atoms with E-state index in [0.29, 0.717) is 36.8 Å². The van der Waals surface area contributed by atoms with Gasteiger partial charge in [-0.1, -0.05) is 13.2 Å². The lowest BCUT2D eigenvalue weighted by molar-refractivity contribution is -0.148. The fraction of sp³-hybridized carbons (Fsp3) is 0.652. The van der Waals surface area contributed by atoms with E-state index in [2.05, 4.69) is 23.8 Å². The van der Waals surface area contributed by atoms with Gasteiger partial charge >= 0.3 is 24.0 Å². The Kier molecular flexibility index (Phi) is 11.4. The Hall–Kier alpha value is -2.88. The predicted octanol–water partition coefficient (Wildman–Crippen LogP) is 1.36. The first-order valence-corrected chi connectivity index (χ1v) is 11.3. The van der Waals surface area contributed by atoms with Gasteiger partial charge in [0.05, 0.1) is 6.54 Å². The quantitative estimate of drug-likeness (QED) is 0.159. The zero-order chi connectivity index (χ0) is 24.1. The van der Waals surface area contributed by atoms with Gasteiger partial charge in [-0.3, -0.25) is 4.79 Å². The monoisotopic (exact) mass is 466 g/mol. The summed E-state index contributed by atoms with van der Waals surface area (Å²) in [7, 11) is 0. The van der Waals surface area contributed by atoms with E-state index in [4.69, 9.17) is 18.9 Å². The summed E-state index contributed by atoms with van der Waals surface area (Å²) in [6.45, 7) is 7.98. The second-order valence-corrected chi connectivity index (χ2v) is 8.11. The summed E-state index contributed by atoms with van der Waals surface area (Å²) >= 11 is 0. The first kappa shape index (κ1) is 26.4. The Morgan fingerprint density at radius 2 is 1.52 bits per heavy atom. The van der Waals surface area contributed by atoms with Crippen LogP contribution in [-0.2, 0) is 33.3 Å². The van der Waals surface area contributed by atoms with Crippen molar-refractivity contribution in [3.63, 3.8) is 0 Å². The van der Waals surface area contributed by atoms with Crippen molar-refractivity contribution < 1.29 is 38.1 Å². The number of amides is 1. The number of hydrogen-bond acceptors (Lipinski definition) is 9. The van der Waals surface area contributed by atoms with E-state index in [1.54, 1.807) is 0 Å². The smallest absolute Gasteiger partial charge is 0.407 e. The van der Waals surface area contributed by atoms with Crippen LogP contribution in [0.4, 0.5) is 4.79 Å². The number of esters is 3. The van der Waals surface area contributed by atoms with E-state index in [-0.39, 0.29) is 38.9 Å². The highest BCUT2D eigenvalue weighted by atomic mass is 16.6. The van der Waals surface area contributed by atoms with E-state index >= 15 is 0 Å². The number of ether oxygens (including phenoxy) is 4. The average Bonchev–Trinajstić information content (AvgIpc) is 3.37. The minimum atomic E-state index is -0.551. The van der Waals surface area contributed by atoms with E-state index < -0.39 is 18.0 Å². The normalized spacial score (nSPS) is 22.8. The molecular weight excluding hydrogens is 432 g/mol. The van der Waals surface area contributed by atoms with Crippen molar-refractivity contribution in [1.82, 2.24) is 10.6 Å². The molecule has 2 bridgehead atoms. The van der Waals surface area contributed by atoms with E-state index in [1.165, 1.54) is 6.42 Å². The van der Waals surface area contributed by atoms with Gasteiger partial charge in [0, 0.05) is 18.7 Å². The summed E-state index contributed by atoms with van der Waals surface area (Å²) in [6.07, 6.45) is 6.00. The van der Waals surface area contributed by atoms with Crippen LogP contribution in [0.25, 0.3) is 0 Å². The number of carbonyl (C=O) groups excluding carboxylic acids is 4. The molecule has 2 rings (SSSR count). The largest absolute Gasteiger partial charge is 0.461 e. The topological polar surface area (TPSA) is 129 Å². The zero-order valence-electron chi connectivity index (χ0n) is 18.9. The Balaban J connectivity index is 1.55. The summed E-state index contributed by atoms with van der Waals surface area (Å²) in [4.78, 5) is 45.4. The molecule has 2 saturated carbocycles.